The quantitative estimate of drug-likeness (QED) is 0.696. The average molecular weight is 314 g/mol. The normalized spacial score (nSPS) is 11.6. The van der Waals surface area contributed by atoms with Crippen molar-refractivity contribution in [2.75, 3.05) is 26.7 Å². The van der Waals surface area contributed by atoms with E-state index < -0.39 is 10.0 Å². The molecule has 2 N–H and O–H groups in total. The van der Waals surface area contributed by atoms with Gasteiger partial charge >= 0.3 is 0 Å². The molecule has 1 aromatic carbocycles. The van der Waals surface area contributed by atoms with E-state index >= 15 is 0 Å². The van der Waals surface area contributed by atoms with Gasteiger partial charge in [-0.25, -0.2) is 8.42 Å². The molecule has 0 saturated heterocycles. The van der Waals surface area contributed by atoms with E-state index in [-0.39, 0.29) is 17.4 Å². The van der Waals surface area contributed by atoms with Crippen LogP contribution in [0.15, 0.2) is 29.2 Å². The summed E-state index contributed by atoms with van der Waals surface area (Å²) in [6.45, 7) is 2.56. The van der Waals surface area contributed by atoms with Crippen molar-refractivity contribution < 1.29 is 18.3 Å². The van der Waals surface area contributed by atoms with Crippen molar-refractivity contribution in [2.24, 2.45) is 0 Å². The Balaban J connectivity index is 2.92. The highest BCUT2D eigenvalue weighted by Gasteiger charge is 2.22. The van der Waals surface area contributed by atoms with E-state index in [2.05, 4.69) is 5.32 Å². The molecule has 0 heterocycles. The molecular weight excluding hydrogens is 292 g/mol. The summed E-state index contributed by atoms with van der Waals surface area (Å²) in [4.78, 5) is 11.6. The monoisotopic (exact) mass is 314 g/mol. The summed E-state index contributed by atoms with van der Waals surface area (Å²) < 4.78 is 26.3. The summed E-state index contributed by atoms with van der Waals surface area (Å²) in [5.74, 6) is -0.255. The van der Waals surface area contributed by atoms with Crippen molar-refractivity contribution in [1.82, 2.24) is 9.62 Å². The van der Waals surface area contributed by atoms with Gasteiger partial charge in [0.25, 0.3) is 5.91 Å². The minimum Gasteiger partial charge on any atom is -0.396 e. The highest BCUT2D eigenvalue weighted by molar-refractivity contribution is 7.89. The Morgan fingerprint density at radius 2 is 1.86 bits per heavy atom. The second-order valence-electron chi connectivity index (χ2n) is 4.53. The largest absolute Gasteiger partial charge is 0.396 e. The predicted octanol–water partition coefficient (Wildman–Crippen LogP) is 0.829. The fourth-order valence-corrected chi connectivity index (χ4v) is 3.41. The molecule has 1 rings (SSSR count). The summed E-state index contributed by atoms with van der Waals surface area (Å²) in [5.41, 5.74) is 0.416. The van der Waals surface area contributed by atoms with Gasteiger partial charge in [-0.3, -0.25) is 4.79 Å². The number of hydrogen-bond donors (Lipinski definition) is 2. The van der Waals surface area contributed by atoms with Crippen LogP contribution >= 0.6 is 0 Å². The number of unbranched alkanes of at least 4 members (excludes halogenated alkanes) is 1. The van der Waals surface area contributed by atoms with Gasteiger partial charge in [0.2, 0.25) is 10.0 Å². The number of amides is 1. The molecular formula is C14H22N2O4S. The van der Waals surface area contributed by atoms with Gasteiger partial charge in [0.05, 0.1) is 4.90 Å². The lowest BCUT2D eigenvalue weighted by Crippen LogP contribution is -2.32. The molecule has 21 heavy (non-hydrogen) atoms. The van der Waals surface area contributed by atoms with Crippen molar-refractivity contribution in [3.05, 3.63) is 29.8 Å². The van der Waals surface area contributed by atoms with Crippen LogP contribution in [-0.4, -0.2) is 50.5 Å². The van der Waals surface area contributed by atoms with Gasteiger partial charge in [0.1, 0.15) is 0 Å². The van der Waals surface area contributed by atoms with E-state index in [1.54, 1.807) is 6.92 Å². The van der Waals surface area contributed by atoms with Crippen LogP contribution in [0, 0.1) is 0 Å². The van der Waals surface area contributed by atoms with Crippen LogP contribution < -0.4 is 5.32 Å². The summed E-state index contributed by atoms with van der Waals surface area (Å²) in [6, 6.07) is 5.86. The molecule has 118 valence electrons. The number of aliphatic hydroxyl groups excluding tert-OH is 1. The minimum atomic E-state index is -3.56. The Kier molecular flexibility index (Phi) is 6.80. The van der Waals surface area contributed by atoms with Gasteiger partial charge in [-0.15, -0.1) is 0 Å². The fraction of sp³-hybridized carbons (Fsp3) is 0.500. The second kappa shape index (κ2) is 8.11. The molecule has 0 aliphatic heterocycles. The fourth-order valence-electron chi connectivity index (χ4n) is 1.92. The lowest BCUT2D eigenvalue weighted by Gasteiger charge is -2.20. The van der Waals surface area contributed by atoms with Gasteiger partial charge in [0.15, 0.2) is 0 Å². The summed E-state index contributed by atoms with van der Waals surface area (Å²) >= 11 is 0. The van der Waals surface area contributed by atoms with Crippen molar-refractivity contribution in [3.8, 4) is 0 Å². The van der Waals surface area contributed by atoms with Crippen LogP contribution in [0.5, 0.6) is 0 Å². The number of benzene rings is 1. The highest BCUT2D eigenvalue weighted by Crippen LogP contribution is 2.17. The maximum absolute atomic E-state index is 12.5. The maximum atomic E-state index is 12.5. The Hall–Kier alpha value is -1.44. The van der Waals surface area contributed by atoms with E-state index in [4.69, 9.17) is 5.11 Å². The predicted molar refractivity (Wildman–Crippen MR) is 80.6 cm³/mol. The third kappa shape index (κ3) is 4.52. The number of nitrogens with zero attached hydrogens (tertiary/aromatic N) is 1. The lowest BCUT2D eigenvalue weighted by atomic mass is 10.2. The smallest absolute Gasteiger partial charge is 0.251 e. The SMILES string of the molecule is CCN(CCCCO)S(=O)(=O)c1ccc(C(=O)NC)cc1. The average Bonchev–Trinajstić information content (AvgIpc) is 2.50. The molecule has 7 heteroatoms. The summed E-state index contributed by atoms with van der Waals surface area (Å²) in [7, 11) is -2.04. The number of carbonyl (C=O) groups is 1. The molecule has 0 aliphatic rings. The van der Waals surface area contributed by atoms with E-state index in [1.807, 2.05) is 0 Å². The first-order chi connectivity index (χ1) is 9.97. The van der Waals surface area contributed by atoms with Crippen molar-refractivity contribution in [3.63, 3.8) is 0 Å². The number of carbonyl (C=O) groups excluding carboxylic acids is 1. The maximum Gasteiger partial charge on any atom is 0.251 e. The molecule has 0 radical (unpaired) electrons. The van der Waals surface area contributed by atoms with Crippen LogP contribution in [0.2, 0.25) is 0 Å². The molecule has 0 bridgehead atoms. The van der Waals surface area contributed by atoms with Crippen molar-refractivity contribution >= 4 is 15.9 Å². The van der Waals surface area contributed by atoms with Gasteiger partial charge in [-0.1, -0.05) is 6.92 Å². The van der Waals surface area contributed by atoms with Gasteiger partial charge in [-0.05, 0) is 37.1 Å². The number of aliphatic hydroxyl groups is 1. The molecule has 1 amide bonds. The van der Waals surface area contributed by atoms with Crippen molar-refractivity contribution in [1.29, 1.82) is 0 Å². The third-order valence-corrected chi connectivity index (χ3v) is 5.14. The van der Waals surface area contributed by atoms with Gasteiger partial charge in [0, 0.05) is 32.3 Å². The minimum absolute atomic E-state index is 0.0540. The zero-order chi connectivity index (χ0) is 15.9. The highest BCUT2D eigenvalue weighted by atomic mass is 32.2. The molecule has 0 aromatic heterocycles. The molecule has 0 spiro atoms. The third-order valence-electron chi connectivity index (χ3n) is 3.15. The van der Waals surface area contributed by atoms with E-state index in [0.717, 1.165) is 0 Å². The Morgan fingerprint density at radius 1 is 1.24 bits per heavy atom. The number of nitrogens with one attached hydrogen (secondary N) is 1. The summed E-state index contributed by atoms with van der Waals surface area (Å²) in [6.07, 6.45) is 1.18. The van der Waals surface area contributed by atoms with E-state index in [9.17, 15) is 13.2 Å². The topological polar surface area (TPSA) is 86.7 Å². The molecule has 0 saturated carbocycles. The molecule has 1 aromatic rings. The molecule has 6 nitrogen and oxygen atoms in total. The zero-order valence-corrected chi connectivity index (χ0v) is 13.2. The summed E-state index contributed by atoms with van der Waals surface area (Å²) in [5, 5.41) is 11.3. The Bertz CT molecular complexity index is 555. The Labute approximate surface area is 125 Å². The van der Waals surface area contributed by atoms with E-state index in [1.165, 1.54) is 35.6 Å². The van der Waals surface area contributed by atoms with Gasteiger partial charge in [-0.2, -0.15) is 4.31 Å². The number of sulfonamides is 1. The van der Waals surface area contributed by atoms with Crippen molar-refractivity contribution in [2.45, 2.75) is 24.7 Å². The number of hydrogen-bond acceptors (Lipinski definition) is 4. The molecule has 0 fully saturated rings. The first-order valence-corrected chi connectivity index (χ1v) is 8.34. The molecule has 0 atom stereocenters. The van der Waals surface area contributed by atoms with Crippen LogP contribution in [-0.2, 0) is 10.0 Å². The zero-order valence-electron chi connectivity index (χ0n) is 12.4. The Morgan fingerprint density at radius 3 is 2.33 bits per heavy atom. The molecule has 0 aliphatic carbocycles. The first-order valence-electron chi connectivity index (χ1n) is 6.90. The van der Waals surface area contributed by atoms with Crippen LogP contribution in [0.25, 0.3) is 0 Å². The second-order valence-corrected chi connectivity index (χ2v) is 6.47. The van der Waals surface area contributed by atoms with E-state index in [0.29, 0.717) is 31.5 Å². The van der Waals surface area contributed by atoms with Gasteiger partial charge < -0.3 is 10.4 Å². The standard InChI is InChI=1S/C14H22N2O4S/c1-3-16(10-4-5-11-17)21(19,20)13-8-6-12(7-9-13)14(18)15-2/h6-9,17H,3-5,10-11H2,1-2H3,(H,15,18). The van der Waals surface area contributed by atoms with Crippen LogP contribution in [0.4, 0.5) is 0 Å². The number of rotatable bonds is 8. The lowest BCUT2D eigenvalue weighted by molar-refractivity contribution is 0.0963. The van der Waals surface area contributed by atoms with Crippen LogP contribution in [0.3, 0.4) is 0 Å². The molecule has 0 unspecified atom stereocenters. The van der Waals surface area contributed by atoms with Crippen LogP contribution in [0.1, 0.15) is 30.1 Å². The first kappa shape index (κ1) is 17.6.